The fourth-order valence-corrected chi connectivity index (χ4v) is 5.39. The number of aryl methyl sites for hydroxylation is 2. The minimum atomic E-state index is -3.24. The average molecular weight is 390 g/mol. The Balaban J connectivity index is 1.67. The standard InChI is InChI=1S/C20H27N3O3S/c1-14-4-5-17-18(6-9-21-19(17)15(14)2)22-10-7-20(24)8-11-23(27(3,25)26)13-16(20)12-22/h4-6,9,16,24H,7-8,10-13H2,1-3H3/t16-,20-/m1/s1. The smallest absolute Gasteiger partial charge is 0.211 e. The van der Waals surface area contributed by atoms with E-state index >= 15 is 0 Å². The molecule has 2 aromatic rings. The molecule has 7 heteroatoms. The molecule has 27 heavy (non-hydrogen) atoms. The number of aliphatic hydroxyl groups is 1. The molecule has 1 N–H and O–H groups in total. The minimum absolute atomic E-state index is 0.0931. The van der Waals surface area contributed by atoms with Crippen molar-refractivity contribution in [3.8, 4) is 0 Å². The minimum Gasteiger partial charge on any atom is -0.389 e. The lowest BCUT2D eigenvalue weighted by molar-refractivity contribution is -0.0687. The Morgan fingerprint density at radius 3 is 2.63 bits per heavy atom. The maximum atomic E-state index is 12.0. The van der Waals surface area contributed by atoms with Crippen LogP contribution in [0.25, 0.3) is 10.9 Å². The second-order valence-corrected chi connectivity index (χ2v) is 10.1. The van der Waals surface area contributed by atoms with Crippen LogP contribution in [-0.4, -0.2) is 60.8 Å². The van der Waals surface area contributed by atoms with Gasteiger partial charge in [0.25, 0.3) is 0 Å². The second-order valence-electron chi connectivity index (χ2n) is 8.10. The van der Waals surface area contributed by atoms with Crippen molar-refractivity contribution >= 4 is 26.6 Å². The number of piperidine rings is 2. The molecule has 0 aliphatic carbocycles. The molecule has 0 unspecified atom stereocenters. The Morgan fingerprint density at radius 2 is 1.89 bits per heavy atom. The molecule has 4 rings (SSSR count). The van der Waals surface area contributed by atoms with Crippen LogP contribution in [-0.2, 0) is 10.0 Å². The van der Waals surface area contributed by atoms with Crippen molar-refractivity contribution in [2.45, 2.75) is 32.3 Å². The van der Waals surface area contributed by atoms with Crippen LogP contribution >= 0.6 is 0 Å². The van der Waals surface area contributed by atoms with Gasteiger partial charge in [0, 0.05) is 49.4 Å². The Hall–Kier alpha value is -1.70. The Labute approximate surface area is 160 Å². The van der Waals surface area contributed by atoms with Crippen LogP contribution in [0.4, 0.5) is 5.69 Å². The van der Waals surface area contributed by atoms with Crippen molar-refractivity contribution < 1.29 is 13.5 Å². The first-order chi connectivity index (χ1) is 12.7. The fraction of sp³-hybridized carbons (Fsp3) is 0.550. The fourth-order valence-electron chi connectivity index (χ4n) is 4.51. The molecule has 6 nitrogen and oxygen atoms in total. The van der Waals surface area contributed by atoms with E-state index in [0.29, 0.717) is 32.5 Å². The highest BCUT2D eigenvalue weighted by Gasteiger charge is 2.46. The zero-order chi connectivity index (χ0) is 19.4. The van der Waals surface area contributed by atoms with E-state index in [4.69, 9.17) is 0 Å². The van der Waals surface area contributed by atoms with Crippen LogP contribution in [0.5, 0.6) is 0 Å². The van der Waals surface area contributed by atoms with Gasteiger partial charge in [-0.25, -0.2) is 12.7 Å². The van der Waals surface area contributed by atoms with E-state index < -0.39 is 15.6 Å². The molecular weight excluding hydrogens is 362 g/mol. The van der Waals surface area contributed by atoms with Gasteiger partial charge in [-0.1, -0.05) is 12.1 Å². The van der Waals surface area contributed by atoms with E-state index in [1.165, 1.54) is 21.7 Å². The van der Waals surface area contributed by atoms with E-state index in [2.05, 4.69) is 35.9 Å². The van der Waals surface area contributed by atoms with Gasteiger partial charge < -0.3 is 10.0 Å². The van der Waals surface area contributed by atoms with Gasteiger partial charge in [-0.3, -0.25) is 4.98 Å². The molecule has 3 heterocycles. The topological polar surface area (TPSA) is 73.7 Å². The summed E-state index contributed by atoms with van der Waals surface area (Å²) in [6, 6.07) is 6.26. The van der Waals surface area contributed by atoms with Gasteiger partial charge in [0.15, 0.2) is 0 Å². The number of nitrogens with zero attached hydrogens (tertiary/aromatic N) is 3. The lowest BCUT2D eigenvalue weighted by Gasteiger charge is -2.50. The number of benzene rings is 1. The van der Waals surface area contributed by atoms with Gasteiger partial charge in [-0.15, -0.1) is 0 Å². The molecule has 2 saturated heterocycles. The monoisotopic (exact) mass is 389 g/mol. The average Bonchev–Trinajstić information content (AvgIpc) is 2.62. The van der Waals surface area contributed by atoms with Gasteiger partial charge in [0.2, 0.25) is 10.0 Å². The van der Waals surface area contributed by atoms with Crippen molar-refractivity contribution in [2.24, 2.45) is 5.92 Å². The molecule has 146 valence electrons. The van der Waals surface area contributed by atoms with Gasteiger partial charge in [-0.2, -0.15) is 0 Å². The number of anilines is 1. The van der Waals surface area contributed by atoms with Crippen LogP contribution < -0.4 is 4.90 Å². The normalized spacial score (nSPS) is 27.0. The van der Waals surface area contributed by atoms with Gasteiger partial charge in [-0.05, 0) is 43.9 Å². The SMILES string of the molecule is Cc1ccc2c(N3CC[C@@]4(O)CCN(S(C)(=O)=O)C[C@H]4C3)ccnc2c1C. The van der Waals surface area contributed by atoms with E-state index in [-0.39, 0.29) is 5.92 Å². The zero-order valence-corrected chi connectivity index (χ0v) is 17.0. The first-order valence-electron chi connectivity index (χ1n) is 9.46. The van der Waals surface area contributed by atoms with E-state index in [9.17, 15) is 13.5 Å². The van der Waals surface area contributed by atoms with Crippen LogP contribution in [0.2, 0.25) is 0 Å². The van der Waals surface area contributed by atoms with Crippen LogP contribution in [0, 0.1) is 19.8 Å². The number of pyridine rings is 1. The molecule has 0 amide bonds. The summed E-state index contributed by atoms with van der Waals surface area (Å²) in [5.74, 6) is -0.0931. The van der Waals surface area contributed by atoms with E-state index in [1.54, 1.807) is 0 Å². The molecule has 2 aliphatic heterocycles. The highest BCUT2D eigenvalue weighted by molar-refractivity contribution is 7.88. The summed E-state index contributed by atoms with van der Waals surface area (Å²) in [6.45, 7) is 6.38. The van der Waals surface area contributed by atoms with E-state index in [0.717, 1.165) is 23.1 Å². The molecule has 0 spiro atoms. The maximum Gasteiger partial charge on any atom is 0.211 e. The number of hydrogen-bond donors (Lipinski definition) is 1. The summed E-state index contributed by atoms with van der Waals surface area (Å²) in [4.78, 5) is 6.85. The van der Waals surface area contributed by atoms with Crippen molar-refractivity contribution in [3.05, 3.63) is 35.5 Å². The zero-order valence-electron chi connectivity index (χ0n) is 16.1. The molecule has 1 aromatic heterocycles. The largest absolute Gasteiger partial charge is 0.389 e. The number of sulfonamides is 1. The van der Waals surface area contributed by atoms with Crippen molar-refractivity contribution in [2.75, 3.05) is 37.3 Å². The van der Waals surface area contributed by atoms with Crippen molar-refractivity contribution in [3.63, 3.8) is 0 Å². The van der Waals surface area contributed by atoms with Crippen LogP contribution in [0.15, 0.2) is 24.4 Å². The summed E-state index contributed by atoms with van der Waals surface area (Å²) in [5, 5.41) is 12.2. The lowest BCUT2D eigenvalue weighted by Crippen LogP contribution is -2.60. The Morgan fingerprint density at radius 1 is 1.15 bits per heavy atom. The maximum absolute atomic E-state index is 12.0. The number of rotatable bonds is 2. The van der Waals surface area contributed by atoms with Gasteiger partial charge in [0.05, 0.1) is 17.4 Å². The second kappa shape index (κ2) is 6.43. The van der Waals surface area contributed by atoms with E-state index in [1.807, 2.05) is 12.3 Å². The molecule has 0 radical (unpaired) electrons. The highest BCUT2D eigenvalue weighted by atomic mass is 32.2. The molecular formula is C20H27N3O3S. The van der Waals surface area contributed by atoms with Crippen molar-refractivity contribution in [1.29, 1.82) is 0 Å². The first kappa shape index (κ1) is 18.7. The highest BCUT2D eigenvalue weighted by Crippen LogP contribution is 2.39. The van der Waals surface area contributed by atoms with Gasteiger partial charge in [0.1, 0.15) is 0 Å². The predicted molar refractivity (Wildman–Crippen MR) is 108 cm³/mol. The van der Waals surface area contributed by atoms with Crippen LogP contribution in [0.1, 0.15) is 24.0 Å². The summed E-state index contributed by atoms with van der Waals surface area (Å²) < 4.78 is 25.5. The quantitative estimate of drug-likeness (QED) is 0.851. The molecule has 2 fully saturated rings. The Bertz CT molecular complexity index is 991. The van der Waals surface area contributed by atoms with Crippen molar-refractivity contribution in [1.82, 2.24) is 9.29 Å². The number of fused-ring (bicyclic) bond motifs is 2. The molecule has 0 bridgehead atoms. The summed E-state index contributed by atoms with van der Waals surface area (Å²) in [5.41, 5.74) is 3.75. The molecule has 1 aromatic carbocycles. The predicted octanol–water partition coefficient (Wildman–Crippen LogP) is 2.07. The number of hydrogen-bond acceptors (Lipinski definition) is 5. The Kier molecular flexibility index (Phi) is 4.44. The summed E-state index contributed by atoms with van der Waals surface area (Å²) >= 11 is 0. The molecule has 2 aliphatic rings. The molecule has 2 atom stereocenters. The third-order valence-corrected chi connectivity index (χ3v) is 7.73. The third-order valence-electron chi connectivity index (χ3n) is 6.46. The first-order valence-corrected chi connectivity index (χ1v) is 11.3. The third kappa shape index (κ3) is 3.22. The van der Waals surface area contributed by atoms with Crippen LogP contribution in [0.3, 0.4) is 0 Å². The summed E-state index contributed by atoms with van der Waals surface area (Å²) in [6.07, 6.45) is 4.26. The number of aromatic nitrogens is 1. The van der Waals surface area contributed by atoms with Gasteiger partial charge >= 0.3 is 0 Å². The molecule has 0 saturated carbocycles. The summed E-state index contributed by atoms with van der Waals surface area (Å²) in [7, 11) is -3.24. The lowest BCUT2D eigenvalue weighted by atomic mass is 9.76.